The highest BCUT2D eigenvalue weighted by Crippen LogP contribution is 2.41. The Morgan fingerprint density at radius 3 is 2.78 bits per heavy atom. The van der Waals surface area contributed by atoms with E-state index in [2.05, 4.69) is 28.7 Å². The molecule has 4 heteroatoms. The second-order valence-corrected chi connectivity index (χ2v) is 6.56. The lowest BCUT2D eigenvalue weighted by molar-refractivity contribution is -0.0113. The molecule has 104 valence electrons. The number of nitrogens with two attached hydrogens (primary N) is 1. The summed E-state index contributed by atoms with van der Waals surface area (Å²) in [5.41, 5.74) is 6.55. The molecule has 3 aliphatic rings. The average Bonchev–Trinajstić information content (AvgIpc) is 2.91. The van der Waals surface area contributed by atoms with Gasteiger partial charge in [0.15, 0.2) is 0 Å². The molecule has 2 N–H and O–H groups in total. The Kier molecular flexibility index (Phi) is 3.39. The maximum absolute atomic E-state index is 6.27. The predicted octanol–water partition coefficient (Wildman–Crippen LogP) is 0.188. The lowest BCUT2D eigenvalue weighted by Gasteiger charge is -2.51. The molecule has 0 bridgehead atoms. The lowest BCUT2D eigenvalue weighted by atomic mass is 9.84. The summed E-state index contributed by atoms with van der Waals surface area (Å²) in [6.45, 7) is 9.36. The van der Waals surface area contributed by atoms with E-state index in [0.717, 1.165) is 12.6 Å². The van der Waals surface area contributed by atoms with Gasteiger partial charge in [-0.3, -0.25) is 9.80 Å². The van der Waals surface area contributed by atoms with E-state index in [0.29, 0.717) is 6.04 Å². The van der Waals surface area contributed by atoms with Crippen molar-refractivity contribution in [1.29, 1.82) is 0 Å². The van der Waals surface area contributed by atoms with E-state index in [-0.39, 0.29) is 5.54 Å². The van der Waals surface area contributed by atoms with Gasteiger partial charge >= 0.3 is 0 Å². The third-order valence-electron chi connectivity index (χ3n) is 5.57. The molecule has 3 atom stereocenters. The second-order valence-electron chi connectivity index (χ2n) is 6.56. The number of hydrogen-bond acceptors (Lipinski definition) is 4. The molecule has 3 heterocycles. The summed E-state index contributed by atoms with van der Waals surface area (Å²) in [5, 5.41) is 0. The highest BCUT2D eigenvalue weighted by atomic mass is 15.4. The lowest BCUT2D eigenvalue weighted by Crippen LogP contribution is -2.66. The van der Waals surface area contributed by atoms with E-state index < -0.39 is 0 Å². The number of rotatable bonds is 2. The summed E-state index contributed by atoms with van der Waals surface area (Å²) in [6.07, 6.45) is 4.01. The first-order chi connectivity index (χ1) is 8.67. The molecular formula is C14H28N4. The van der Waals surface area contributed by atoms with Crippen molar-refractivity contribution < 1.29 is 0 Å². The molecule has 0 spiro atoms. The van der Waals surface area contributed by atoms with Gasteiger partial charge < -0.3 is 10.6 Å². The molecular weight excluding hydrogens is 224 g/mol. The van der Waals surface area contributed by atoms with Crippen LogP contribution in [-0.4, -0.2) is 78.6 Å². The van der Waals surface area contributed by atoms with Crippen LogP contribution in [0.1, 0.15) is 26.2 Å². The van der Waals surface area contributed by atoms with Crippen LogP contribution in [0.5, 0.6) is 0 Å². The van der Waals surface area contributed by atoms with Crippen LogP contribution in [0.3, 0.4) is 0 Å². The van der Waals surface area contributed by atoms with E-state index in [9.17, 15) is 0 Å². The molecule has 0 aromatic carbocycles. The van der Waals surface area contributed by atoms with Crippen molar-refractivity contribution >= 4 is 0 Å². The first-order valence-electron chi connectivity index (χ1n) is 7.57. The van der Waals surface area contributed by atoms with Crippen LogP contribution in [-0.2, 0) is 0 Å². The number of nitrogens with zero attached hydrogens (tertiary/aromatic N) is 3. The fraction of sp³-hybridized carbons (Fsp3) is 1.00. The molecule has 3 fully saturated rings. The maximum atomic E-state index is 6.27. The number of likely N-dealkylation sites (N-methyl/N-ethyl adjacent to an activating group) is 1. The highest BCUT2D eigenvalue weighted by Gasteiger charge is 2.53. The molecule has 0 radical (unpaired) electrons. The Hall–Kier alpha value is -0.160. The molecule has 0 aromatic rings. The Bertz CT molecular complexity index is 308. The minimum atomic E-state index is 0.275. The third kappa shape index (κ3) is 1.82. The van der Waals surface area contributed by atoms with Crippen molar-refractivity contribution in [2.24, 2.45) is 5.73 Å². The SMILES string of the molecule is CC1CN(C)CCN1C1(CN)CCN2CCCC21. The first kappa shape index (κ1) is 12.9. The van der Waals surface area contributed by atoms with Crippen LogP contribution in [0.15, 0.2) is 0 Å². The quantitative estimate of drug-likeness (QED) is 0.761. The standard InChI is InChI=1S/C14H28N4/c1-12-10-16(2)8-9-18(12)14(11-15)5-7-17-6-3-4-13(14)17/h12-13H,3-11,15H2,1-2H3. The molecule has 0 saturated carbocycles. The topological polar surface area (TPSA) is 35.7 Å². The normalized spacial score (nSPS) is 43.5. The van der Waals surface area contributed by atoms with E-state index in [1.165, 1.54) is 52.0 Å². The van der Waals surface area contributed by atoms with Gasteiger partial charge in [0.1, 0.15) is 0 Å². The highest BCUT2D eigenvalue weighted by molar-refractivity contribution is 5.11. The van der Waals surface area contributed by atoms with Crippen LogP contribution in [0.25, 0.3) is 0 Å². The molecule has 3 rings (SSSR count). The summed E-state index contributed by atoms with van der Waals surface area (Å²) >= 11 is 0. The Morgan fingerprint density at radius 1 is 1.22 bits per heavy atom. The van der Waals surface area contributed by atoms with Gasteiger partial charge in [-0.25, -0.2) is 0 Å². The fourth-order valence-electron chi connectivity index (χ4n) is 4.70. The number of piperazine rings is 1. The zero-order valence-corrected chi connectivity index (χ0v) is 11.9. The molecule has 3 saturated heterocycles. The molecule has 4 nitrogen and oxygen atoms in total. The summed E-state index contributed by atoms with van der Waals surface area (Å²) in [7, 11) is 2.24. The summed E-state index contributed by atoms with van der Waals surface area (Å²) < 4.78 is 0. The minimum Gasteiger partial charge on any atom is -0.329 e. The van der Waals surface area contributed by atoms with Gasteiger partial charge in [0, 0.05) is 44.8 Å². The van der Waals surface area contributed by atoms with E-state index in [4.69, 9.17) is 5.73 Å². The van der Waals surface area contributed by atoms with E-state index in [1.54, 1.807) is 0 Å². The molecule has 18 heavy (non-hydrogen) atoms. The van der Waals surface area contributed by atoms with Crippen LogP contribution in [0, 0.1) is 0 Å². The molecule has 3 aliphatic heterocycles. The Labute approximate surface area is 111 Å². The molecule has 3 unspecified atom stereocenters. The first-order valence-corrected chi connectivity index (χ1v) is 7.57. The van der Waals surface area contributed by atoms with Gasteiger partial charge in [-0.05, 0) is 39.8 Å². The summed E-state index contributed by atoms with van der Waals surface area (Å²) in [5.74, 6) is 0. The van der Waals surface area contributed by atoms with Crippen molar-refractivity contribution in [3.8, 4) is 0 Å². The van der Waals surface area contributed by atoms with Crippen molar-refractivity contribution in [3.63, 3.8) is 0 Å². The average molecular weight is 252 g/mol. The van der Waals surface area contributed by atoms with Crippen LogP contribution < -0.4 is 5.73 Å². The summed E-state index contributed by atoms with van der Waals surface area (Å²) in [6, 6.07) is 1.38. The zero-order chi connectivity index (χ0) is 12.8. The molecule has 0 aromatic heterocycles. The zero-order valence-electron chi connectivity index (χ0n) is 11.9. The second kappa shape index (κ2) is 4.75. The van der Waals surface area contributed by atoms with Crippen molar-refractivity contribution in [2.75, 3.05) is 46.3 Å². The van der Waals surface area contributed by atoms with Gasteiger partial charge in [-0.2, -0.15) is 0 Å². The van der Waals surface area contributed by atoms with Crippen molar-refractivity contribution in [1.82, 2.24) is 14.7 Å². The summed E-state index contributed by atoms with van der Waals surface area (Å²) in [4.78, 5) is 7.90. The minimum absolute atomic E-state index is 0.275. The van der Waals surface area contributed by atoms with E-state index >= 15 is 0 Å². The van der Waals surface area contributed by atoms with Crippen LogP contribution >= 0.6 is 0 Å². The molecule has 0 aliphatic carbocycles. The number of hydrogen-bond donors (Lipinski definition) is 1. The smallest absolute Gasteiger partial charge is 0.0502 e. The van der Waals surface area contributed by atoms with Gasteiger partial charge in [-0.15, -0.1) is 0 Å². The van der Waals surface area contributed by atoms with Gasteiger partial charge in [0.25, 0.3) is 0 Å². The van der Waals surface area contributed by atoms with Gasteiger partial charge in [0.05, 0.1) is 5.54 Å². The van der Waals surface area contributed by atoms with Crippen LogP contribution in [0.2, 0.25) is 0 Å². The fourth-order valence-corrected chi connectivity index (χ4v) is 4.70. The predicted molar refractivity (Wildman–Crippen MR) is 74.7 cm³/mol. The monoisotopic (exact) mass is 252 g/mol. The van der Waals surface area contributed by atoms with E-state index in [1.807, 2.05) is 0 Å². The molecule has 0 amide bonds. The largest absolute Gasteiger partial charge is 0.329 e. The Balaban J connectivity index is 1.83. The van der Waals surface area contributed by atoms with Crippen molar-refractivity contribution in [3.05, 3.63) is 0 Å². The van der Waals surface area contributed by atoms with Crippen molar-refractivity contribution in [2.45, 2.75) is 43.8 Å². The number of fused-ring (bicyclic) bond motifs is 1. The maximum Gasteiger partial charge on any atom is 0.0502 e. The third-order valence-corrected chi connectivity index (χ3v) is 5.57. The Morgan fingerprint density at radius 2 is 2.06 bits per heavy atom. The van der Waals surface area contributed by atoms with Gasteiger partial charge in [-0.1, -0.05) is 0 Å². The van der Waals surface area contributed by atoms with Gasteiger partial charge in [0.2, 0.25) is 0 Å². The van der Waals surface area contributed by atoms with Crippen LogP contribution in [0.4, 0.5) is 0 Å².